The SMILES string of the molecule is N=C(N)N.O=[N+](Oc1cccc(O)c1)Oc1cccc(O)c1. The van der Waals surface area contributed by atoms with Gasteiger partial charge in [0.2, 0.25) is 11.5 Å². The summed E-state index contributed by atoms with van der Waals surface area (Å²) in [7, 11) is 0. The van der Waals surface area contributed by atoms with Gasteiger partial charge in [-0.3, -0.25) is 5.41 Å². The molecule has 7 N–H and O–H groups in total. The summed E-state index contributed by atoms with van der Waals surface area (Å²) < 4.78 is 0. The first-order chi connectivity index (χ1) is 10.4. The van der Waals surface area contributed by atoms with Crippen molar-refractivity contribution >= 4 is 5.96 Å². The minimum absolute atomic E-state index is 0.0294. The van der Waals surface area contributed by atoms with Crippen LogP contribution in [0.2, 0.25) is 0 Å². The predicted molar refractivity (Wildman–Crippen MR) is 77.2 cm³/mol. The maximum atomic E-state index is 11.3. The summed E-state index contributed by atoms with van der Waals surface area (Å²) in [6.45, 7) is 0. The van der Waals surface area contributed by atoms with Gasteiger partial charge in [-0.15, -0.1) is 9.68 Å². The topological polar surface area (TPSA) is 155 Å². The molecule has 0 saturated heterocycles. The number of phenols is 2. The van der Waals surface area contributed by atoms with Gasteiger partial charge in [0.15, 0.2) is 5.96 Å². The zero-order valence-electron chi connectivity index (χ0n) is 11.3. The van der Waals surface area contributed by atoms with E-state index in [0.717, 1.165) is 0 Å². The second kappa shape index (κ2) is 7.94. The Kier molecular flexibility index (Phi) is 5.98. The van der Waals surface area contributed by atoms with Crippen molar-refractivity contribution in [2.75, 3.05) is 0 Å². The lowest BCUT2D eigenvalue weighted by Gasteiger charge is -1.96. The normalized spacial score (nSPS) is 9.09. The lowest BCUT2D eigenvalue weighted by Crippen LogP contribution is -2.20. The highest BCUT2D eigenvalue weighted by molar-refractivity contribution is 5.71. The zero-order chi connectivity index (χ0) is 16.5. The molecule has 0 heterocycles. The maximum absolute atomic E-state index is 11.3. The van der Waals surface area contributed by atoms with Crippen molar-refractivity contribution in [3.8, 4) is 23.0 Å². The molecule has 0 spiro atoms. The zero-order valence-corrected chi connectivity index (χ0v) is 11.3. The van der Waals surface area contributed by atoms with Crippen molar-refractivity contribution in [2.24, 2.45) is 11.5 Å². The van der Waals surface area contributed by atoms with E-state index < -0.39 is 0 Å². The van der Waals surface area contributed by atoms with Crippen LogP contribution in [0.15, 0.2) is 48.5 Å². The molecule has 2 aromatic carbocycles. The van der Waals surface area contributed by atoms with E-state index in [1.54, 1.807) is 0 Å². The summed E-state index contributed by atoms with van der Waals surface area (Å²) >= 11 is 0. The van der Waals surface area contributed by atoms with Gasteiger partial charge in [0, 0.05) is 12.1 Å². The Bertz CT molecular complexity index is 609. The van der Waals surface area contributed by atoms with Gasteiger partial charge >= 0.3 is 5.09 Å². The molecular weight excluding hydrogens is 292 g/mol. The highest BCUT2D eigenvalue weighted by Crippen LogP contribution is 2.20. The van der Waals surface area contributed by atoms with E-state index >= 15 is 0 Å². The average Bonchev–Trinajstić information content (AvgIpc) is 2.37. The molecule has 0 aliphatic carbocycles. The molecule has 22 heavy (non-hydrogen) atoms. The molecule has 9 heteroatoms. The highest BCUT2D eigenvalue weighted by Gasteiger charge is 2.17. The Morgan fingerprint density at radius 3 is 1.64 bits per heavy atom. The van der Waals surface area contributed by atoms with E-state index in [1.165, 1.54) is 48.5 Å². The lowest BCUT2D eigenvalue weighted by molar-refractivity contribution is -0.920. The van der Waals surface area contributed by atoms with Crippen molar-refractivity contribution in [3.05, 3.63) is 53.4 Å². The molecule has 0 bridgehead atoms. The Morgan fingerprint density at radius 1 is 0.955 bits per heavy atom. The number of nitrogens with zero attached hydrogens (tertiary/aromatic N) is 1. The minimum atomic E-state index is -0.333. The van der Waals surface area contributed by atoms with Crippen LogP contribution in [0, 0.1) is 10.3 Å². The average molecular weight is 307 g/mol. The van der Waals surface area contributed by atoms with Gasteiger partial charge in [0.05, 0.1) is 0 Å². The molecule has 0 atom stereocenters. The van der Waals surface area contributed by atoms with Crippen LogP contribution in [0.25, 0.3) is 0 Å². The van der Waals surface area contributed by atoms with Crippen molar-refractivity contribution < 1.29 is 25.0 Å². The Hall–Kier alpha value is -3.49. The molecule has 0 amide bonds. The first kappa shape index (κ1) is 16.6. The van der Waals surface area contributed by atoms with Crippen molar-refractivity contribution in [3.63, 3.8) is 0 Å². The fraction of sp³-hybridized carbons (Fsp3) is 0. The molecule has 0 aliphatic rings. The smallest absolute Gasteiger partial charge is 0.489 e. The van der Waals surface area contributed by atoms with Crippen LogP contribution in [0.4, 0.5) is 0 Å². The Labute approximate surface area is 125 Å². The van der Waals surface area contributed by atoms with E-state index in [-0.39, 0.29) is 34.0 Å². The highest BCUT2D eigenvalue weighted by atomic mass is 17.0. The summed E-state index contributed by atoms with van der Waals surface area (Å²) in [5.74, 6) is -0.133. The molecule has 0 unspecified atom stereocenters. The fourth-order valence-corrected chi connectivity index (χ4v) is 1.27. The predicted octanol–water partition coefficient (Wildman–Crippen LogP) is 1.00. The summed E-state index contributed by atoms with van der Waals surface area (Å²) in [6, 6.07) is 11.4. The molecule has 0 aliphatic heterocycles. The minimum Gasteiger partial charge on any atom is -0.508 e. The largest absolute Gasteiger partial charge is 0.508 e. The van der Waals surface area contributed by atoms with E-state index in [9.17, 15) is 15.1 Å². The number of nitrogens with two attached hydrogens (primary N) is 2. The maximum Gasteiger partial charge on any atom is 0.489 e. The second-order valence-corrected chi connectivity index (χ2v) is 3.86. The molecule has 2 aromatic rings. The number of hydrogen-bond acceptors (Lipinski definition) is 6. The number of benzene rings is 2. The van der Waals surface area contributed by atoms with Crippen LogP contribution in [-0.4, -0.2) is 21.3 Å². The monoisotopic (exact) mass is 307 g/mol. The summed E-state index contributed by atoms with van der Waals surface area (Å²) in [5, 5.41) is 24.3. The number of aromatic hydroxyl groups is 2. The van der Waals surface area contributed by atoms with Gasteiger partial charge in [-0.2, -0.15) is 0 Å². The van der Waals surface area contributed by atoms with Gasteiger partial charge in [0.1, 0.15) is 16.4 Å². The first-order valence-electron chi connectivity index (χ1n) is 5.87. The van der Waals surface area contributed by atoms with E-state index in [1.807, 2.05) is 0 Å². The molecule has 116 valence electrons. The number of phenolic OH excluding ortho intramolecular Hbond substituents is 2. The Morgan fingerprint density at radius 2 is 1.32 bits per heavy atom. The van der Waals surface area contributed by atoms with Gasteiger partial charge in [-0.1, -0.05) is 12.1 Å². The molecule has 0 radical (unpaired) electrons. The summed E-state index contributed by atoms with van der Waals surface area (Å²) in [5.41, 5.74) is 8.94. The molecule has 0 saturated carbocycles. The van der Waals surface area contributed by atoms with Crippen molar-refractivity contribution in [1.29, 1.82) is 5.41 Å². The third-order valence-electron chi connectivity index (χ3n) is 2.00. The third kappa shape index (κ3) is 6.61. The Balaban J connectivity index is 0.000000541. The number of nitrogens with one attached hydrogen (secondary N) is 1. The van der Waals surface area contributed by atoms with E-state index in [2.05, 4.69) is 11.5 Å². The standard InChI is InChI=1S/C12H9NO5.CH5N3/c14-9-3-1-5-11(7-9)17-13(16)18-12-6-2-4-10(15)8-12;2-1(3)4/h1-8H,(H-,14,15);(H5,2,3,4)/p+1. The van der Waals surface area contributed by atoms with Crippen LogP contribution >= 0.6 is 0 Å². The van der Waals surface area contributed by atoms with Crippen LogP contribution in [-0.2, 0) is 0 Å². The fourth-order valence-electron chi connectivity index (χ4n) is 1.27. The summed E-state index contributed by atoms with van der Waals surface area (Å²) in [4.78, 5) is 20.8. The molecule has 0 fully saturated rings. The number of guanidine groups is 1. The van der Waals surface area contributed by atoms with E-state index in [0.29, 0.717) is 0 Å². The quantitative estimate of drug-likeness (QED) is 0.320. The van der Waals surface area contributed by atoms with Crippen LogP contribution < -0.4 is 21.1 Å². The molecule has 0 aromatic heterocycles. The third-order valence-corrected chi connectivity index (χ3v) is 2.00. The van der Waals surface area contributed by atoms with Gasteiger partial charge in [-0.25, -0.2) is 0 Å². The van der Waals surface area contributed by atoms with Gasteiger partial charge < -0.3 is 21.7 Å². The van der Waals surface area contributed by atoms with Gasteiger partial charge in [0.25, 0.3) is 0 Å². The molecule has 2 rings (SSSR count). The second-order valence-electron chi connectivity index (χ2n) is 3.86. The van der Waals surface area contributed by atoms with Crippen molar-refractivity contribution in [2.45, 2.75) is 0 Å². The van der Waals surface area contributed by atoms with E-state index in [4.69, 9.17) is 15.1 Å². The van der Waals surface area contributed by atoms with Crippen molar-refractivity contribution in [1.82, 2.24) is 0 Å². The van der Waals surface area contributed by atoms with Crippen LogP contribution in [0.5, 0.6) is 23.0 Å². The molecular formula is C13H15N4O5+. The van der Waals surface area contributed by atoms with Gasteiger partial charge in [-0.05, 0) is 24.3 Å². The number of hydrogen-bond donors (Lipinski definition) is 5. The summed E-state index contributed by atoms with van der Waals surface area (Å²) in [6.07, 6.45) is 0. The lowest BCUT2D eigenvalue weighted by atomic mass is 10.3. The molecule has 9 nitrogen and oxygen atoms in total. The number of rotatable bonds is 4. The van der Waals surface area contributed by atoms with Crippen LogP contribution in [0.3, 0.4) is 0 Å². The van der Waals surface area contributed by atoms with Crippen LogP contribution in [0.1, 0.15) is 0 Å². The first-order valence-corrected chi connectivity index (χ1v) is 5.87.